The molecule has 1 heterocycles. The molecule has 0 unspecified atom stereocenters. The number of fused-ring (bicyclic) bond motifs is 1. The number of amides is 2. The van der Waals surface area contributed by atoms with E-state index in [4.69, 9.17) is 9.47 Å². The Morgan fingerprint density at radius 3 is 2.77 bits per heavy atom. The van der Waals surface area contributed by atoms with E-state index in [1.807, 2.05) is 12.1 Å². The van der Waals surface area contributed by atoms with Gasteiger partial charge in [0.2, 0.25) is 0 Å². The van der Waals surface area contributed by atoms with Crippen molar-refractivity contribution in [2.24, 2.45) is 0 Å². The second-order valence-corrected chi connectivity index (χ2v) is 6.85. The van der Waals surface area contributed by atoms with E-state index in [1.54, 1.807) is 33.9 Å². The Morgan fingerprint density at radius 2 is 2.14 bits per heavy atom. The van der Waals surface area contributed by atoms with Crippen molar-refractivity contribution in [3.63, 3.8) is 0 Å². The molecule has 0 aliphatic carbocycles. The molecular weight excluding hydrogens is 352 g/mol. The minimum atomic E-state index is -0.806. The van der Waals surface area contributed by atoms with Crippen LogP contribution < -0.4 is 15.0 Å². The van der Waals surface area contributed by atoms with Crippen molar-refractivity contribution in [1.29, 1.82) is 0 Å². The van der Waals surface area contributed by atoms with Gasteiger partial charge in [-0.3, -0.25) is 4.79 Å². The van der Waals surface area contributed by atoms with Crippen molar-refractivity contribution >= 4 is 33.6 Å². The number of rotatable bonds is 1. The summed E-state index contributed by atoms with van der Waals surface area (Å²) in [6, 6.07) is 4.62. The molecule has 6 nitrogen and oxygen atoms in total. The SMILES string of the molecule is CN1C(=O)[C@@H](NC(=O)OC(C)(C)C)COc2cccc(Br)c21. The van der Waals surface area contributed by atoms with E-state index in [2.05, 4.69) is 21.2 Å². The van der Waals surface area contributed by atoms with Crippen LogP contribution in [0.4, 0.5) is 10.5 Å². The molecule has 0 spiro atoms. The van der Waals surface area contributed by atoms with E-state index in [-0.39, 0.29) is 12.5 Å². The molecule has 1 aliphatic heterocycles. The Bertz CT molecular complexity index is 598. The number of anilines is 1. The van der Waals surface area contributed by atoms with Crippen molar-refractivity contribution in [1.82, 2.24) is 5.32 Å². The summed E-state index contributed by atoms with van der Waals surface area (Å²) in [5, 5.41) is 2.56. The van der Waals surface area contributed by atoms with E-state index in [1.165, 1.54) is 4.90 Å². The first kappa shape index (κ1) is 16.6. The number of carbonyl (C=O) groups is 2. The number of hydrogen-bond donors (Lipinski definition) is 1. The monoisotopic (exact) mass is 370 g/mol. The molecule has 0 fully saturated rings. The smallest absolute Gasteiger partial charge is 0.408 e. The molecule has 1 aliphatic rings. The Kier molecular flexibility index (Phi) is 4.65. The lowest BCUT2D eigenvalue weighted by atomic mass is 10.2. The summed E-state index contributed by atoms with van der Waals surface area (Å²) in [4.78, 5) is 25.8. The maximum absolute atomic E-state index is 12.5. The fraction of sp³-hybridized carbons (Fsp3) is 0.467. The largest absolute Gasteiger partial charge is 0.489 e. The second kappa shape index (κ2) is 6.16. The number of nitrogens with one attached hydrogen (secondary N) is 1. The predicted octanol–water partition coefficient (Wildman–Crippen LogP) is 2.70. The predicted molar refractivity (Wildman–Crippen MR) is 86.2 cm³/mol. The van der Waals surface area contributed by atoms with Gasteiger partial charge in [0.05, 0.1) is 0 Å². The second-order valence-electron chi connectivity index (χ2n) is 5.99. The molecule has 0 radical (unpaired) electrons. The zero-order valence-electron chi connectivity index (χ0n) is 13.0. The van der Waals surface area contributed by atoms with Gasteiger partial charge in [-0.15, -0.1) is 0 Å². The molecule has 0 saturated carbocycles. The molecular formula is C15H19BrN2O4. The number of likely N-dealkylation sites (N-methyl/N-ethyl adjacent to an activating group) is 1. The van der Waals surface area contributed by atoms with Gasteiger partial charge in [-0.05, 0) is 48.8 Å². The molecule has 2 amide bonds. The molecule has 1 atom stereocenters. The topological polar surface area (TPSA) is 67.9 Å². The highest BCUT2D eigenvalue weighted by molar-refractivity contribution is 9.10. The van der Waals surface area contributed by atoms with Gasteiger partial charge in [0, 0.05) is 11.5 Å². The average Bonchev–Trinajstić information content (AvgIpc) is 2.50. The summed E-state index contributed by atoms with van der Waals surface area (Å²) in [5.41, 5.74) is 0.0114. The summed E-state index contributed by atoms with van der Waals surface area (Å²) < 4.78 is 11.6. The number of carbonyl (C=O) groups excluding carboxylic acids is 2. The molecule has 0 saturated heterocycles. The van der Waals surface area contributed by atoms with Crippen LogP contribution in [0.1, 0.15) is 20.8 Å². The Morgan fingerprint density at radius 1 is 1.45 bits per heavy atom. The van der Waals surface area contributed by atoms with E-state index < -0.39 is 17.7 Å². The minimum Gasteiger partial charge on any atom is -0.489 e. The Labute approximate surface area is 137 Å². The highest BCUT2D eigenvalue weighted by Crippen LogP contribution is 2.37. The molecule has 7 heteroatoms. The first-order valence-corrected chi connectivity index (χ1v) is 7.67. The number of hydrogen-bond acceptors (Lipinski definition) is 4. The van der Waals surface area contributed by atoms with Gasteiger partial charge in [0.1, 0.15) is 29.7 Å². The number of para-hydroxylation sites is 1. The van der Waals surface area contributed by atoms with Gasteiger partial charge in [0.15, 0.2) is 0 Å². The third-order valence-corrected chi connectivity index (χ3v) is 3.65. The lowest BCUT2D eigenvalue weighted by molar-refractivity contribution is -0.120. The number of nitrogens with zero attached hydrogens (tertiary/aromatic N) is 1. The van der Waals surface area contributed by atoms with Gasteiger partial charge in [-0.2, -0.15) is 0 Å². The van der Waals surface area contributed by atoms with Crippen molar-refractivity contribution in [3.05, 3.63) is 22.7 Å². The number of ether oxygens (including phenoxy) is 2. The van der Waals surface area contributed by atoms with Crippen LogP contribution in [0.15, 0.2) is 22.7 Å². The van der Waals surface area contributed by atoms with Crippen LogP contribution in [-0.4, -0.2) is 37.3 Å². The summed E-state index contributed by atoms with van der Waals surface area (Å²) in [5.74, 6) is 0.315. The zero-order valence-corrected chi connectivity index (χ0v) is 14.6. The summed E-state index contributed by atoms with van der Waals surface area (Å²) in [6.45, 7) is 5.33. The Balaban J connectivity index is 2.17. The number of alkyl carbamates (subject to hydrolysis) is 1. The summed E-state index contributed by atoms with van der Waals surface area (Å²) in [7, 11) is 1.64. The van der Waals surface area contributed by atoms with Crippen LogP contribution in [0.25, 0.3) is 0 Å². The number of benzene rings is 1. The van der Waals surface area contributed by atoms with Crippen molar-refractivity contribution in [2.75, 3.05) is 18.6 Å². The van der Waals surface area contributed by atoms with Crippen molar-refractivity contribution in [2.45, 2.75) is 32.4 Å². The van der Waals surface area contributed by atoms with Crippen molar-refractivity contribution in [3.8, 4) is 5.75 Å². The maximum atomic E-state index is 12.5. The normalized spacial score (nSPS) is 18.1. The van der Waals surface area contributed by atoms with E-state index >= 15 is 0 Å². The Hall–Kier alpha value is -1.76. The maximum Gasteiger partial charge on any atom is 0.408 e. The lowest BCUT2D eigenvalue weighted by Crippen LogP contribution is -2.50. The first-order chi connectivity index (χ1) is 10.2. The molecule has 2 rings (SSSR count). The standard InChI is InChI=1S/C15H19BrN2O4/c1-15(2,3)22-14(20)17-10-8-21-11-7-5-6-9(16)12(11)18(4)13(10)19/h5-7,10H,8H2,1-4H3,(H,17,20)/t10-/m0/s1. The molecule has 120 valence electrons. The van der Waals surface area contributed by atoms with Gasteiger partial charge in [-0.1, -0.05) is 6.07 Å². The number of halogens is 1. The molecule has 1 N–H and O–H groups in total. The molecule has 1 aromatic carbocycles. The van der Waals surface area contributed by atoms with Crippen LogP contribution in [0.2, 0.25) is 0 Å². The van der Waals surface area contributed by atoms with Crippen LogP contribution in [-0.2, 0) is 9.53 Å². The van der Waals surface area contributed by atoms with Crippen LogP contribution >= 0.6 is 15.9 Å². The summed E-state index contributed by atoms with van der Waals surface area (Å²) in [6.07, 6.45) is -0.645. The van der Waals surface area contributed by atoms with Crippen LogP contribution in [0, 0.1) is 0 Å². The van der Waals surface area contributed by atoms with Gasteiger partial charge in [0.25, 0.3) is 5.91 Å². The molecule has 1 aromatic rings. The van der Waals surface area contributed by atoms with Crippen LogP contribution in [0.3, 0.4) is 0 Å². The fourth-order valence-electron chi connectivity index (χ4n) is 2.08. The molecule has 0 aromatic heterocycles. The fourth-order valence-corrected chi connectivity index (χ4v) is 2.69. The molecule has 0 bridgehead atoms. The lowest BCUT2D eigenvalue weighted by Gasteiger charge is -2.24. The molecule has 22 heavy (non-hydrogen) atoms. The van der Waals surface area contributed by atoms with E-state index in [0.717, 1.165) is 4.47 Å². The van der Waals surface area contributed by atoms with Crippen LogP contribution in [0.5, 0.6) is 5.75 Å². The van der Waals surface area contributed by atoms with Gasteiger partial charge < -0.3 is 19.7 Å². The zero-order chi connectivity index (χ0) is 16.5. The first-order valence-electron chi connectivity index (χ1n) is 6.87. The quantitative estimate of drug-likeness (QED) is 0.824. The third-order valence-electron chi connectivity index (χ3n) is 3.01. The summed E-state index contributed by atoms with van der Waals surface area (Å²) >= 11 is 3.41. The van der Waals surface area contributed by atoms with Gasteiger partial charge >= 0.3 is 6.09 Å². The van der Waals surface area contributed by atoms with E-state index in [9.17, 15) is 9.59 Å². The highest BCUT2D eigenvalue weighted by Gasteiger charge is 2.32. The van der Waals surface area contributed by atoms with E-state index in [0.29, 0.717) is 11.4 Å². The van der Waals surface area contributed by atoms with Crippen molar-refractivity contribution < 1.29 is 19.1 Å². The average molecular weight is 371 g/mol. The minimum absolute atomic E-state index is 0.0475. The van der Waals surface area contributed by atoms with Gasteiger partial charge in [-0.25, -0.2) is 4.79 Å². The highest BCUT2D eigenvalue weighted by atomic mass is 79.9. The third kappa shape index (κ3) is 3.71.